The smallest absolute Gasteiger partial charge is 0.0951 e. The first-order valence-corrected chi connectivity index (χ1v) is 6.08. The molecule has 16 heavy (non-hydrogen) atoms. The second kappa shape index (κ2) is 4.97. The van der Waals surface area contributed by atoms with E-state index in [1.165, 1.54) is 25.1 Å². The van der Waals surface area contributed by atoms with Crippen LogP contribution in [0.5, 0.6) is 0 Å². The first-order valence-electron chi connectivity index (χ1n) is 6.08. The van der Waals surface area contributed by atoms with E-state index in [-0.39, 0.29) is 0 Å². The molecule has 1 saturated heterocycles. The van der Waals surface area contributed by atoms with E-state index in [9.17, 15) is 0 Å². The zero-order valence-electron chi connectivity index (χ0n) is 10.5. The first-order chi connectivity index (χ1) is 7.72. The highest BCUT2D eigenvalue weighted by atomic mass is 15.2. The minimum absolute atomic E-state index is 0.622. The van der Waals surface area contributed by atoms with Gasteiger partial charge in [-0.2, -0.15) is 0 Å². The molecule has 1 aliphatic heterocycles. The van der Waals surface area contributed by atoms with Crippen LogP contribution >= 0.6 is 0 Å². The van der Waals surface area contributed by atoms with Crippen LogP contribution < -0.4 is 5.32 Å². The minimum Gasteiger partial charge on any atom is -0.330 e. The fraction of sp³-hybridized carbons (Fsp3) is 0.750. The monoisotopic (exact) mass is 222 g/mol. The Balaban J connectivity index is 2.09. The summed E-state index contributed by atoms with van der Waals surface area (Å²) in [5.41, 5.74) is 1.30. The number of piperidine rings is 1. The SMILES string of the molecule is CNCc1cncn1C1CCN(C)C(C)C1. The van der Waals surface area contributed by atoms with Crippen molar-refractivity contribution >= 4 is 0 Å². The van der Waals surface area contributed by atoms with Gasteiger partial charge in [0.15, 0.2) is 0 Å². The Hall–Kier alpha value is -0.870. The molecule has 0 saturated carbocycles. The molecule has 0 aromatic carbocycles. The van der Waals surface area contributed by atoms with Crippen molar-refractivity contribution in [3.05, 3.63) is 18.2 Å². The second-order valence-corrected chi connectivity index (χ2v) is 4.83. The summed E-state index contributed by atoms with van der Waals surface area (Å²) in [5, 5.41) is 3.20. The van der Waals surface area contributed by atoms with Crippen molar-refractivity contribution in [2.45, 2.75) is 38.4 Å². The van der Waals surface area contributed by atoms with Crippen molar-refractivity contribution in [1.29, 1.82) is 0 Å². The molecule has 4 heteroatoms. The van der Waals surface area contributed by atoms with E-state index < -0.39 is 0 Å². The van der Waals surface area contributed by atoms with Crippen molar-refractivity contribution in [3.8, 4) is 0 Å². The average molecular weight is 222 g/mol. The standard InChI is InChI=1S/C12H22N4/c1-10-6-11(4-5-15(10)3)16-9-14-8-12(16)7-13-2/h8-11,13H,4-7H2,1-3H3. The summed E-state index contributed by atoms with van der Waals surface area (Å²) in [7, 11) is 4.19. The van der Waals surface area contributed by atoms with E-state index in [1.807, 2.05) is 19.6 Å². The lowest BCUT2D eigenvalue weighted by atomic mass is 9.98. The molecule has 1 aliphatic rings. The highest BCUT2D eigenvalue weighted by molar-refractivity contribution is 5.01. The molecule has 1 aromatic rings. The summed E-state index contributed by atoms with van der Waals surface area (Å²) in [4.78, 5) is 6.71. The number of nitrogens with one attached hydrogen (secondary N) is 1. The molecule has 90 valence electrons. The predicted octanol–water partition coefficient (Wildman–Crippen LogP) is 1.26. The largest absolute Gasteiger partial charge is 0.330 e. The van der Waals surface area contributed by atoms with Gasteiger partial charge in [-0.15, -0.1) is 0 Å². The zero-order chi connectivity index (χ0) is 11.5. The second-order valence-electron chi connectivity index (χ2n) is 4.83. The van der Waals surface area contributed by atoms with Crippen LogP contribution in [0.25, 0.3) is 0 Å². The van der Waals surface area contributed by atoms with Gasteiger partial charge >= 0.3 is 0 Å². The number of hydrogen-bond acceptors (Lipinski definition) is 3. The number of rotatable bonds is 3. The molecule has 2 unspecified atom stereocenters. The fourth-order valence-electron chi connectivity index (χ4n) is 2.50. The van der Waals surface area contributed by atoms with Crippen LogP contribution in [0.3, 0.4) is 0 Å². The van der Waals surface area contributed by atoms with Crippen LogP contribution in [0.15, 0.2) is 12.5 Å². The van der Waals surface area contributed by atoms with Gasteiger partial charge in [0.2, 0.25) is 0 Å². The maximum atomic E-state index is 4.27. The molecule has 2 heterocycles. The van der Waals surface area contributed by atoms with Gasteiger partial charge in [0.25, 0.3) is 0 Å². The third-order valence-corrected chi connectivity index (χ3v) is 3.68. The number of hydrogen-bond donors (Lipinski definition) is 1. The van der Waals surface area contributed by atoms with Crippen LogP contribution in [0.4, 0.5) is 0 Å². The maximum Gasteiger partial charge on any atom is 0.0951 e. The quantitative estimate of drug-likeness (QED) is 0.836. The lowest BCUT2D eigenvalue weighted by Crippen LogP contribution is -2.38. The number of imidazole rings is 1. The highest BCUT2D eigenvalue weighted by Crippen LogP contribution is 2.26. The summed E-state index contributed by atoms with van der Waals surface area (Å²) < 4.78 is 2.35. The number of nitrogens with zero attached hydrogens (tertiary/aromatic N) is 3. The van der Waals surface area contributed by atoms with E-state index in [1.54, 1.807) is 0 Å². The zero-order valence-corrected chi connectivity index (χ0v) is 10.5. The van der Waals surface area contributed by atoms with Gasteiger partial charge in [0.1, 0.15) is 0 Å². The van der Waals surface area contributed by atoms with Gasteiger partial charge in [0, 0.05) is 31.4 Å². The van der Waals surface area contributed by atoms with Crippen molar-refractivity contribution < 1.29 is 0 Å². The summed E-state index contributed by atoms with van der Waals surface area (Å²) >= 11 is 0. The van der Waals surface area contributed by atoms with Gasteiger partial charge < -0.3 is 14.8 Å². The van der Waals surface area contributed by atoms with E-state index in [0.717, 1.165) is 6.54 Å². The highest BCUT2D eigenvalue weighted by Gasteiger charge is 2.24. The molecule has 4 nitrogen and oxygen atoms in total. The van der Waals surface area contributed by atoms with Crippen LogP contribution in [-0.2, 0) is 6.54 Å². The minimum atomic E-state index is 0.622. The van der Waals surface area contributed by atoms with Gasteiger partial charge in [-0.25, -0.2) is 4.98 Å². The maximum absolute atomic E-state index is 4.27. The molecule has 1 N–H and O–H groups in total. The van der Waals surface area contributed by atoms with E-state index in [4.69, 9.17) is 0 Å². The van der Waals surface area contributed by atoms with E-state index in [0.29, 0.717) is 12.1 Å². The van der Waals surface area contributed by atoms with Crippen LogP contribution in [0.1, 0.15) is 31.5 Å². The van der Waals surface area contributed by atoms with Crippen LogP contribution in [0.2, 0.25) is 0 Å². The van der Waals surface area contributed by atoms with Crippen molar-refractivity contribution in [1.82, 2.24) is 19.8 Å². The summed E-state index contributed by atoms with van der Waals surface area (Å²) in [6, 6.07) is 1.29. The molecule has 0 spiro atoms. The lowest BCUT2D eigenvalue weighted by molar-refractivity contribution is 0.155. The van der Waals surface area contributed by atoms with E-state index >= 15 is 0 Å². The van der Waals surface area contributed by atoms with Gasteiger partial charge in [-0.1, -0.05) is 0 Å². The van der Waals surface area contributed by atoms with Crippen molar-refractivity contribution in [2.75, 3.05) is 20.6 Å². The molecule has 0 radical (unpaired) electrons. The Bertz CT molecular complexity index is 334. The molecule has 1 fully saturated rings. The number of likely N-dealkylation sites (tertiary alicyclic amines) is 1. The lowest BCUT2D eigenvalue weighted by Gasteiger charge is -2.36. The average Bonchev–Trinajstić information content (AvgIpc) is 2.71. The topological polar surface area (TPSA) is 33.1 Å². The summed E-state index contributed by atoms with van der Waals surface area (Å²) in [6.45, 7) is 4.39. The third kappa shape index (κ3) is 2.28. The number of aromatic nitrogens is 2. The molecule has 2 atom stereocenters. The van der Waals surface area contributed by atoms with Crippen molar-refractivity contribution in [2.24, 2.45) is 0 Å². The summed E-state index contributed by atoms with van der Waals surface area (Å²) in [5.74, 6) is 0. The third-order valence-electron chi connectivity index (χ3n) is 3.68. The molecule has 1 aromatic heterocycles. The van der Waals surface area contributed by atoms with Gasteiger partial charge in [0.05, 0.1) is 12.0 Å². The normalized spacial score (nSPS) is 27.2. The van der Waals surface area contributed by atoms with Crippen molar-refractivity contribution in [3.63, 3.8) is 0 Å². The molecule has 0 bridgehead atoms. The molecule has 2 rings (SSSR count). The predicted molar refractivity (Wildman–Crippen MR) is 65.4 cm³/mol. The molecular formula is C12H22N4. The Morgan fingerprint density at radius 1 is 1.56 bits per heavy atom. The first kappa shape index (κ1) is 11.6. The Kier molecular flexibility index (Phi) is 3.61. The van der Waals surface area contributed by atoms with Crippen LogP contribution in [-0.4, -0.2) is 41.1 Å². The Morgan fingerprint density at radius 2 is 2.38 bits per heavy atom. The fourth-order valence-corrected chi connectivity index (χ4v) is 2.50. The Labute approximate surface area is 97.7 Å². The molecule has 0 amide bonds. The van der Waals surface area contributed by atoms with Gasteiger partial charge in [-0.3, -0.25) is 0 Å². The van der Waals surface area contributed by atoms with Gasteiger partial charge in [-0.05, 0) is 33.9 Å². The van der Waals surface area contributed by atoms with Crippen LogP contribution in [0, 0.1) is 0 Å². The Morgan fingerprint density at radius 3 is 3.06 bits per heavy atom. The molecular weight excluding hydrogens is 200 g/mol. The molecule has 0 aliphatic carbocycles. The van der Waals surface area contributed by atoms with E-state index in [2.05, 4.69) is 33.7 Å². The summed E-state index contributed by atoms with van der Waals surface area (Å²) in [6.07, 6.45) is 6.41.